The molecule has 0 saturated carbocycles. The summed E-state index contributed by atoms with van der Waals surface area (Å²) in [5.74, 6) is 5.37. The number of hydrogen-bond donors (Lipinski definition) is 2. The van der Waals surface area contributed by atoms with E-state index >= 15 is 0 Å². The highest BCUT2D eigenvalue weighted by atomic mass is 35.5. The van der Waals surface area contributed by atoms with E-state index in [2.05, 4.69) is 5.43 Å². The molecule has 0 atom stereocenters. The Kier molecular flexibility index (Phi) is 6.62. The van der Waals surface area contributed by atoms with Gasteiger partial charge in [-0.3, -0.25) is 11.3 Å². The van der Waals surface area contributed by atoms with Gasteiger partial charge >= 0.3 is 6.09 Å². The third kappa shape index (κ3) is 4.70. The summed E-state index contributed by atoms with van der Waals surface area (Å²) in [5.41, 5.74) is 3.75. The van der Waals surface area contributed by atoms with Gasteiger partial charge in [-0.15, -0.1) is 12.4 Å². The van der Waals surface area contributed by atoms with Crippen LogP contribution in [0.4, 0.5) is 4.79 Å². The molecule has 0 spiro atoms. The summed E-state index contributed by atoms with van der Waals surface area (Å²) >= 11 is 0. The second-order valence-corrected chi connectivity index (χ2v) is 4.47. The van der Waals surface area contributed by atoms with Crippen LogP contribution in [0.3, 0.4) is 0 Å². The van der Waals surface area contributed by atoms with Gasteiger partial charge in [0.2, 0.25) is 0 Å². The molecule has 1 heterocycles. The van der Waals surface area contributed by atoms with E-state index in [0.29, 0.717) is 25.7 Å². The molecule has 0 aromatic heterocycles. The van der Waals surface area contributed by atoms with Crippen molar-refractivity contribution >= 4 is 18.5 Å². The van der Waals surface area contributed by atoms with Crippen molar-refractivity contribution in [3.63, 3.8) is 0 Å². The second-order valence-electron chi connectivity index (χ2n) is 4.47. The molecule has 1 aliphatic rings. The Morgan fingerprint density at radius 1 is 1.32 bits per heavy atom. The molecule has 1 saturated heterocycles. The van der Waals surface area contributed by atoms with Crippen molar-refractivity contribution in [1.29, 1.82) is 0 Å². The first-order chi connectivity index (χ1) is 8.79. The average Bonchev–Trinajstić information content (AvgIpc) is 2.46. The molecular formula is C13H20ClN3O2. The lowest BCUT2D eigenvalue weighted by Gasteiger charge is -2.30. The first kappa shape index (κ1) is 15.8. The van der Waals surface area contributed by atoms with E-state index in [1.54, 1.807) is 4.90 Å². The topological polar surface area (TPSA) is 67.6 Å². The Labute approximate surface area is 119 Å². The minimum Gasteiger partial charge on any atom is -0.445 e. The summed E-state index contributed by atoms with van der Waals surface area (Å²) in [5, 5.41) is 0. The second kappa shape index (κ2) is 7.99. The maximum Gasteiger partial charge on any atom is 0.410 e. The normalized spacial score (nSPS) is 15.7. The number of benzene rings is 1. The summed E-state index contributed by atoms with van der Waals surface area (Å²) in [6.45, 7) is 1.72. The monoisotopic (exact) mass is 285 g/mol. The van der Waals surface area contributed by atoms with Gasteiger partial charge < -0.3 is 9.64 Å². The molecule has 6 heteroatoms. The molecule has 1 aromatic rings. The maximum atomic E-state index is 11.8. The van der Waals surface area contributed by atoms with E-state index in [9.17, 15) is 4.79 Å². The molecule has 106 valence electrons. The van der Waals surface area contributed by atoms with Gasteiger partial charge in [0, 0.05) is 19.1 Å². The number of likely N-dealkylation sites (tertiary alicyclic amines) is 1. The first-order valence-electron chi connectivity index (χ1n) is 6.21. The number of nitrogens with two attached hydrogens (primary N) is 1. The third-order valence-electron chi connectivity index (χ3n) is 3.19. The van der Waals surface area contributed by atoms with E-state index < -0.39 is 0 Å². The van der Waals surface area contributed by atoms with Crippen molar-refractivity contribution in [1.82, 2.24) is 10.3 Å². The van der Waals surface area contributed by atoms with Gasteiger partial charge in [-0.05, 0) is 18.4 Å². The largest absolute Gasteiger partial charge is 0.445 e. The summed E-state index contributed by atoms with van der Waals surface area (Å²) < 4.78 is 5.27. The molecule has 3 N–H and O–H groups in total. The summed E-state index contributed by atoms with van der Waals surface area (Å²) in [7, 11) is 0. The number of carbonyl (C=O) groups excluding carboxylic acids is 1. The van der Waals surface area contributed by atoms with Crippen molar-refractivity contribution in [3.05, 3.63) is 35.9 Å². The highest BCUT2D eigenvalue weighted by Gasteiger charge is 2.22. The molecule has 2 rings (SSSR count). The minimum atomic E-state index is -0.241. The number of halogens is 1. The van der Waals surface area contributed by atoms with E-state index in [1.165, 1.54) is 0 Å². The van der Waals surface area contributed by atoms with Crippen LogP contribution in [0, 0.1) is 0 Å². The van der Waals surface area contributed by atoms with Gasteiger partial charge in [-0.2, -0.15) is 0 Å². The Bertz CT molecular complexity index is 381. The highest BCUT2D eigenvalue weighted by molar-refractivity contribution is 5.85. The van der Waals surface area contributed by atoms with E-state index in [4.69, 9.17) is 10.6 Å². The lowest BCUT2D eigenvalue weighted by Crippen LogP contribution is -2.47. The van der Waals surface area contributed by atoms with Gasteiger partial charge in [0.15, 0.2) is 0 Å². The van der Waals surface area contributed by atoms with Gasteiger partial charge in [-0.25, -0.2) is 4.79 Å². The van der Waals surface area contributed by atoms with Crippen molar-refractivity contribution in [2.75, 3.05) is 13.1 Å². The maximum absolute atomic E-state index is 11.8. The number of carbonyl (C=O) groups is 1. The predicted octanol–water partition coefficient (Wildman–Crippen LogP) is 1.67. The van der Waals surface area contributed by atoms with Crippen LogP contribution in [0.1, 0.15) is 18.4 Å². The van der Waals surface area contributed by atoms with Crippen molar-refractivity contribution in [2.45, 2.75) is 25.5 Å². The number of nitrogens with one attached hydrogen (secondary N) is 1. The lowest BCUT2D eigenvalue weighted by atomic mass is 10.1. The van der Waals surface area contributed by atoms with E-state index in [0.717, 1.165) is 18.4 Å². The van der Waals surface area contributed by atoms with Gasteiger partial charge in [0.05, 0.1) is 0 Å². The van der Waals surface area contributed by atoms with Crippen LogP contribution < -0.4 is 11.3 Å². The summed E-state index contributed by atoms with van der Waals surface area (Å²) in [6.07, 6.45) is 1.50. The molecule has 1 aromatic carbocycles. The Hall–Kier alpha value is -1.30. The number of hydrogen-bond acceptors (Lipinski definition) is 4. The lowest BCUT2D eigenvalue weighted by molar-refractivity contribution is 0.0853. The predicted molar refractivity (Wildman–Crippen MR) is 75.8 cm³/mol. The highest BCUT2D eigenvalue weighted by Crippen LogP contribution is 2.11. The smallest absolute Gasteiger partial charge is 0.410 e. The zero-order chi connectivity index (χ0) is 12.8. The average molecular weight is 286 g/mol. The fourth-order valence-electron chi connectivity index (χ4n) is 2.04. The minimum absolute atomic E-state index is 0. The third-order valence-corrected chi connectivity index (χ3v) is 3.19. The fourth-order valence-corrected chi connectivity index (χ4v) is 2.04. The quantitative estimate of drug-likeness (QED) is 0.655. The molecule has 1 amide bonds. The van der Waals surface area contributed by atoms with Crippen LogP contribution in [-0.2, 0) is 11.3 Å². The Balaban J connectivity index is 0.00000180. The van der Waals surface area contributed by atoms with Gasteiger partial charge in [0.1, 0.15) is 6.61 Å². The van der Waals surface area contributed by atoms with Crippen LogP contribution in [0.15, 0.2) is 30.3 Å². The van der Waals surface area contributed by atoms with Crippen LogP contribution >= 0.6 is 12.4 Å². The SMILES string of the molecule is Cl.NNC1CCN(C(=O)OCc2ccccc2)CC1. The Morgan fingerprint density at radius 2 is 1.95 bits per heavy atom. The van der Waals surface area contributed by atoms with Crippen LogP contribution in [0.25, 0.3) is 0 Å². The summed E-state index contributed by atoms with van der Waals surface area (Å²) in [4.78, 5) is 13.6. The van der Waals surface area contributed by atoms with E-state index in [1.807, 2.05) is 30.3 Å². The molecule has 0 unspecified atom stereocenters. The number of ether oxygens (including phenoxy) is 1. The molecule has 5 nitrogen and oxygen atoms in total. The first-order valence-corrected chi connectivity index (χ1v) is 6.21. The van der Waals surface area contributed by atoms with Gasteiger partial charge in [0.25, 0.3) is 0 Å². The zero-order valence-corrected chi connectivity index (χ0v) is 11.6. The molecule has 19 heavy (non-hydrogen) atoms. The number of piperidine rings is 1. The standard InChI is InChI=1S/C13H19N3O2.ClH/c14-15-12-6-8-16(9-7-12)13(17)18-10-11-4-2-1-3-5-11;/h1-5,12,15H,6-10,14H2;1H. The van der Waals surface area contributed by atoms with Crippen molar-refractivity contribution in [3.8, 4) is 0 Å². The van der Waals surface area contributed by atoms with Crippen LogP contribution in [0.5, 0.6) is 0 Å². The van der Waals surface area contributed by atoms with Crippen molar-refractivity contribution < 1.29 is 9.53 Å². The number of hydrazine groups is 1. The Morgan fingerprint density at radius 3 is 2.53 bits per heavy atom. The molecule has 1 aliphatic heterocycles. The number of nitrogens with zero attached hydrogens (tertiary/aromatic N) is 1. The van der Waals surface area contributed by atoms with Gasteiger partial charge in [-0.1, -0.05) is 30.3 Å². The summed E-state index contributed by atoms with van der Waals surface area (Å²) in [6, 6.07) is 10.00. The number of rotatable bonds is 3. The molecule has 0 bridgehead atoms. The molecule has 0 radical (unpaired) electrons. The molecule has 0 aliphatic carbocycles. The van der Waals surface area contributed by atoms with Crippen LogP contribution in [0.2, 0.25) is 0 Å². The fraction of sp³-hybridized carbons (Fsp3) is 0.462. The molecular weight excluding hydrogens is 266 g/mol. The van der Waals surface area contributed by atoms with Crippen LogP contribution in [-0.4, -0.2) is 30.1 Å². The van der Waals surface area contributed by atoms with Crippen molar-refractivity contribution in [2.24, 2.45) is 5.84 Å². The molecule has 1 fully saturated rings. The zero-order valence-electron chi connectivity index (χ0n) is 10.7. The van der Waals surface area contributed by atoms with E-state index in [-0.39, 0.29) is 18.5 Å². The number of amides is 1.